The Hall–Kier alpha value is -2.72. The predicted octanol–water partition coefficient (Wildman–Crippen LogP) is 4.07. The van der Waals surface area contributed by atoms with Crippen LogP contribution in [0.3, 0.4) is 0 Å². The molecule has 0 unspecified atom stereocenters. The van der Waals surface area contributed by atoms with Crippen molar-refractivity contribution in [2.45, 2.75) is 19.9 Å². The Kier molecular flexibility index (Phi) is 6.42. The van der Waals surface area contributed by atoms with E-state index in [1.807, 2.05) is 24.4 Å². The quantitative estimate of drug-likeness (QED) is 0.567. The van der Waals surface area contributed by atoms with Gasteiger partial charge in [0.15, 0.2) is 17.5 Å². The Morgan fingerprint density at radius 3 is 2.75 bits per heavy atom. The summed E-state index contributed by atoms with van der Waals surface area (Å²) < 4.78 is 45.6. The highest BCUT2D eigenvalue weighted by Gasteiger charge is 2.18. The Labute approximate surface area is 163 Å². The molecule has 1 aromatic carbocycles. The van der Waals surface area contributed by atoms with Crippen molar-refractivity contribution in [3.63, 3.8) is 0 Å². The van der Waals surface area contributed by atoms with Gasteiger partial charge in [-0.2, -0.15) is 0 Å². The Morgan fingerprint density at radius 2 is 2.04 bits per heavy atom. The van der Waals surface area contributed by atoms with E-state index in [-0.39, 0.29) is 13.1 Å². The van der Waals surface area contributed by atoms with E-state index in [4.69, 9.17) is 4.42 Å². The summed E-state index contributed by atoms with van der Waals surface area (Å²) in [6.07, 6.45) is 0.749. The lowest BCUT2D eigenvalue weighted by atomic mass is 10.2. The summed E-state index contributed by atoms with van der Waals surface area (Å²) in [4.78, 5) is 14.8. The number of nitrogens with zero attached hydrogens (tertiary/aromatic N) is 3. The van der Waals surface area contributed by atoms with E-state index in [1.54, 1.807) is 4.90 Å². The van der Waals surface area contributed by atoms with Crippen molar-refractivity contribution in [3.8, 4) is 10.8 Å². The number of carbonyl (C=O) groups excluding carboxylic acids is 1. The van der Waals surface area contributed by atoms with E-state index in [0.717, 1.165) is 23.4 Å². The van der Waals surface area contributed by atoms with Gasteiger partial charge in [0.25, 0.3) is 5.89 Å². The van der Waals surface area contributed by atoms with Crippen molar-refractivity contribution in [1.29, 1.82) is 0 Å². The molecular formula is C18H17F3N4O2S. The summed E-state index contributed by atoms with van der Waals surface area (Å²) in [6, 6.07) is 5.45. The van der Waals surface area contributed by atoms with Crippen LogP contribution in [0.4, 0.5) is 18.9 Å². The molecule has 28 heavy (non-hydrogen) atoms. The number of halogens is 3. The van der Waals surface area contributed by atoms with E-state index in [2.05, 4.69) is 15.5 Å². The zero-order chi connectivity index (χ0) is 20.1. The van der Waals surface area contributed by atoms with Crippen LogP contribution in [0.1, 0.15) is 19.2 Å². The molecule has 2 heterocycles. The largest absolute Gasteiger partial charge is 0.419 e. The molecule has 10 heteroatoms. The fraction of sp³-hybridized carbons (Fsp3) is 0.278. The van der Waals surface area contributed by atoms with E-state index in [9.17, 15) is 18.0 Å². The Bertz CT molecular complexity index is 946. The number of aromatic nitrogens is 2. The molecule has 0 aliphatic rings. The van der Waals surface area contributed by atoms with Gasteiger partial charge in [-0.15, -0.1) is 21.5 Å². The number of benzene rings is 1. The maximum Gasteiger partial charge on any atom is 0.257 e. The molecule has 1 N–H and O–H groups in total. The number of nitrogens with one attached hydrogen (secondary N) is 1. The SMILES string of the molecule is CCCN(CC(=O)Nc1ccc(F)c(F)c1F)Cc1nnc(-c2cccs2)o1. The summed E-state index contributed by atoms with van der Waals surface area (Å²) in [5.41, 5.74) is -0.418. The highest BCUT2D eigenvalue weighted by Crippen LogP contribution is 2.23. The van der Waals surface area contributed by atoms with Gasteiger partial charge >= 0.3 is 0 Å². The molecule has 0 aliphatic heterocycles. The number of rotatable bonds is 8. The lowest BCUT2D eigenvalue weighted by Crippen LogP contribution is -2.33. The van der Waals surface area contributed by atoms with Gasteiger partial charge in [-0.3, -0.25) is 9.69 Å². The van der Waals surface area contributed by atoms with Gasteiger partial charge in [0.2, 0.25) is 11.8 Å². The summed E-state index contributed by atoms with van der Waals surface area (Å²) in [7, 11) is 0. The first-order chi connectivity index (χ1) is 13.5. The maximum absolute atomic E-state index is 13.7. The van der Waals surface area contributed by atoms with E-state index in [1.165, 1.54) is 11.3 Å². The van der Waals surface area contributed by atoms with Crippen molar-refractivity contribution in [3.05, 3.63) is 53.0 Å². The van der Waals surface area contributed by atoms with Crippen LogP contribution in [0.2, 0.25) is 0 Å². The number of amides is 1. The van der Waals surface area contributed by atoms with E-state index >= 15 is 0 Å². The van der Waals surface area contributed by atoms with E-state index < -0.39 is 29.0 Å². The third kappa shape index (κ3) is 4.76. The molecule has 0 atom stereocenters. The standard InChI is InChI=1S/C18H17F3N4O2S/c1-2-7-25(10-15-23-24-18(27-15)13-4-3-8-28-13)9-14(26)22-12-6-5-11(19)16(20)17(12)21/h3-6,8H,2,7,9-10H2,1H3,(H,22,26). The molecule has 148 valence electrons. The lowest BCUT2D eigenvalue weighted by molar-refractivity contribution is -0.117. The average Bonchev–Trinajstić information content (AvgIpc) is 3.34. The third-order valence-electron chi connectivity index (χ3n) is 3.77. The molecule has 0 spiro atoms. The van der Waals surface area contributed by atoms with Crippen LogP contribution in [-0.2, 0) is 11.3 Å². The van der Waals surface area contributed by atoms with Gasteiger partial charge in [0.05, 0.1) is 23.7 Å². The van der Waals surface area contributed by atoms with Crippen molar-refractivity contribution in [2.75, 3.05) is 18.4 Å². The lowest BCUT2D eigenvalue weighted by Gasteiger charge is -2.19. The van der Waals surface area contributed by atoms with Gasteiger partial charge < -0.3 is 9.73 Å². The van der Waals surface area contributed by atoms with Crippen molar-refractivity contribution in [2.24, 2.45) is 0 Å². The summed E-state index contributed by atoms with van der Waals surface area (Å²) in [6.45, 7) is 2.60. The molecule has 1 amide bonds. The molecular weight excluding hydrogens is 393 g/mol. The van der Waals surface area contributed by atoms with Crippen LogP contribution in [0.25, 0.3) is 10.8 Å². The molecule has 0 fully saturated rings. The number of thiophene rings is 1. The molecule has 0 saturated heterocycles. The highest BCUT2D eigenvalue weighted by molar-refractivity contribution is 7.13. The monoisotopic (exact) mass is 410 g/mol. The molecule has 6 nitrogen and oxygen atoms in total. The minimum atomic E-state index is -1.63. The molecule has 3 aromatic rings. The topological polar surface area (TPSA) is 71.3 Å². The Balaban J connectivity index is 1.64. The smallest absolute Gasteiger partial charge is 0.257 e. The average molecular weight is 410 g/mol. The fourth-order valence-corrected chi connectivity index (χ4v) is 3.20. The molecule has 0 bridgehead atoms. The minimum Gasteiger partial charge on any atom is -0.419 e. The molecule has 0 aliphatic carbocycles. The van der Waals surface area contributed by atoms with Crippen molar-refractivity contribution in [1.82, 2.24) is 15.1 Å². The molecule has 0 saturated carbocycles. The van der Waals surface area contributed by atoms with Crippen LogP contribution in [0, 0.1) is 17.5 Å². The van der Waals surface area contributed by atoms with Gasteiger partial charge in [0.1, 0.15) is 0 Å². The Morgan fingerprint density at radius 1 is 1.21 bits per heavy atom. The first-order valence-electron chi connectivity index (χ1n) is 8.50. The zero-order valence-corrected chi connectivity index (χ0v) is 15.7. The molecule has 2 aromatic heterocycles. The first-order valence-corrected chi connectivity index (χ1v) is 9.37. The molecule has 0 radical (unpaired) electrons. The fourth-order valence-electron chi connectivity index (χ4n) is 2.55. The zero-order valence-electron chi connectivity index (χ0n) is 14.9. The van der Waals surface area contributed by atoms with Crippen molar-refractivity contribution < 1.29 is 22.4 Å². The highest BCUT2D eigenvalue weighted by atomic mass is 32.1. The summed E-state index contributed by atoms with van der Waals surface area (Å²) >= 11 is 1.47. The number of carbonyl (C=O) groups is 1. The van der Waals surface area contributed by atoms with Gasteiger partial charge in [0, 0.05) is 0 Å². The minimum absolute atomic E-state index is 0.108. The summed E-state index contributed by atoms with van der Waals surface area (Å²) in [5, 5.41) is 12.1. The number of hydrogen-bond acceptors (Lipinski definition) is 6. The van der Waals surface area contributed by atoms with Crippen LogP contribution in [-0.4, -0.2) is 34.1 Å². The van der Waals surface area contributed by atoms with Crippen LogP contribution in [0.5, 0.6) is 0 Å². The number of hydrogen-bond donors (Lipinski definition) is 1. The van der Waals surface area contributed by atoms with Crippen LogP contribution in [0.15, 0.2) is 34.1 Å². The summed E-state index contributed by atoms with van der Waals surface area (Å²) in [5.74, 6) is -4.22. The van der Waals surface area contributed by atoms with E-state index in [0.29, 0.717) is 18.3 Å². The predicted molar refractivity (Wildman–Crippen MR) is 98.1 cm³/mol. The normalized spacial score (nSPS) is 11.2. The second-order valence-electron chi connectivity index (χ2n) is 5.96. The van der Waals surface area contributed by atoms with Gasteiger partial charge in [-0.05, 0) is 36.5 Å². The second kappa shape index (κ2) is 8.98. The second-order valence-corrected chi connectivity index (χ2v) is 6.91. The maximum atomic E-state index is 13.7. The molecule has 3 rings (SSSR count). The van der Waals surface area contributed by atoms with Crippen LogP contribution < -0.4 is 5.32 Å². The van der Waals surface area contributed by atoms with Crippen LogP contribution >= 0.6 is 11.3 Å². The first kappa shape index (κ1) is 20.0. The number of anilines is 1. The van der Waals surface area contributed by atoms with Gasteiger partial charge in [-0.25, -0.2) is 13.2 Å². The third-order valence-corrected chi connectivity index (χ3v) is 4.63. The van der Waals surface area contributed by atoms with Crippen molar-refractivity contribution >= 4 is 22.9 Å². The van der Waals surface area contributed by atoms with Gasteiger partial charge in [-0.1, -0.05) is 13.0 Å².